The first kappa shape index (κ1) is 15.5. The van der Waals surface area contributed by atoms with Gasteiger partial charge in [-0.25, -0.2) is 0 Å². The summed E-state index contributed by atoms with van der Waals surface area (Å²) in [5.74, 6) is 0.723. The third-order valence-corrected chi connectivity index (χ3v) is 4.28. The van der Waals surface area contributed by atoms with Crippen LogP contribution in [0.4, 0.5) is 0 Å². The van der Waals surface area contributed by atoms with Crippen molar-refractivity contribution in [2.75, 3.05) is 20.0 Å². The zero-order valence-electron chi connectivity index (χ0n) is 11.9. The van der Waals surface area contributed by atoms with Crippen LogP contribution in [0.2, 0.25) is 0 Å². The molecule has 0 aliphatic heterocycles. The van der Waals surface area contributed by atoms with Gasteiger partial charge in [0, 0.05) is 25.5 Å². The molecular formula is C15H24O2S. The van der Waals surface area contributed by atoms with Gasteiger partial charge in [0.1, 0.15) is 0 Å². The minimum absolute atomic E-state index is 0.422. The minimum Gasteiger partial charge on any atom is -0.353 e. The largest absolute Gasteiger partial charge is 0.353 e. The van der Waals surface area contributed by atoms with Crippen LogP contribution in [0.25, 0.3) is 0 Å². The molecule has 18 heavy (non-hydrogen) atoms. The molecule has 0 amide bonds. The van der Waals surface area contributed by atoms with Crippen LogP contribution in [-0.4, -0.2) is 25.8 Å². The molecule has 2 nitrogen and oxygen atoms in total. The van der Waals surface area contributed by atoms with Gasteiger partial charge in [0.25, 0.3) is 0 Å². The second kappa shape index (κ2) is 7.82. The van der Waals surface area contributed by atoms with E-state index < -0.39 is 5.79 Å². The van der Waals surface area contributed by atoms with Gasteiger partial charge >= 0.3 is 0 Å². The van der Waals surface area contributed by atoms with E-state index in [9.17, 15) is 0 Å². The first-order valence-electron chi connectivity index (χ1n) is 6.39. The lowest BCUT2D eigenvalue weighted by molar-refractivity contribution is -0.197. The van der Waals surface area contributed by atoms with Crippen molar-refractivity contribution >= 4 is 11.8 Å². The molecule has 0 atom stereocenters. The molecule has 0 saturated heterocycles. The van der Waals surface area contributed by atoms with Crippen LogP contribution in [0.1, 0.15) is 31.7 Å². The first-order valence-corrected chi connectivity index (χ1v) is 7.38. The molecule has 0 aromatic heterocycles. The molecule has 0 bridgehead atoms. The van der Waals surface area contributed by atoms with E-state index in [4.69, 9.17) is 9.47 Å². The van der Waals surface area contributed by atoms with Crippen molar-refractivity contribution in [3.05, 3.63) is 29.8 Å². The van der Waals surface area contributed by atoms with Crippen LogP contribution in [0.3, 0.4) is 0 Å². The number of rotatable bonds is 8. The lowest BCUT2D eigenvalue weighted by atomic mass is 10.1. The van der Waals surface area contributed by atoms with Crippen LogP contribution in [0, 0.1) is 6.92 Å². The van der Waals surface area contributed by atoms with Crippen molar-refractivity contribution in [3.63, 3.8) is 0 Å². The molecular weight excluding hydrogens is 244 g/mol. The fraction of sp³-hybridized carbons (Fsp3) is 0.600. The number of methoxy groups -OCH3 is 2. The van der Waals surface area contributed by atoms with Crippen LogP contribution in [-0.2, 0) is 9.47 Å². The Morgan fingerprint density at radius 2 is 1.67 bits per heavy atom. The van der Waals surface area contributed by atoms with E-state index in [2.05, 4.69) is 31.2 Å². The van der Waals surface area contributed by atoms with E-state index >= 15 is 0 Å². The van der Waals surface area contributed by atoms with Crippen molar-refractivity contribution < 1.29 is 9.47 Å². The summed E-state index contributed by atoms with van der Waals surface area (Å²) in [6.45, 7) is 4.10. The third kappa shape index (κ3) is 5.42. The van der Waals surface area contributed by atoms with E-state index in [0.29, 0.717) is 0 Å². The quantitative estimate of drug-likeness (QED) is 0.398. The van der Waals surface area contributed by atoms with Crippen LogP contribution < -0.4 is 0 Å². The minimum atomic E-state index is -0.422. The molecule has 3 heteroatoms. The number of benzene rings is 1. The summed E-state index contributed by atoms with van der Waals surface area (Å²) >= 11 is 1.91. The Kier molecular flexibility index (Phi) is 6.76. The Bertz CT molecular complexity index is 331. The van der Waals surface area contributed by atoms with Crippen LogP contribution >= 0.6 is 11.8 Å². The summed E-state index contributed by atoms with van der Waals surface area (Å²) in [4.78, 5) is 1.35. The molecule has 0 saturated carbocycles. The van der Waals surface area contributed by atoms with Crippen LogP contribution in [0.5, 0.6) is 0 Å². The first-order chi connectivity index (χ1) is 8.59. The molecule has 1 rings (SSSR count). The van der Waals surface area contributed by atoms with Crippen molar-refractivity contribution in [3.8, 4) is 0 Å². The Balaban J connectivity index is 2.17. The average Bonchev–Trinajstić information content (AvgIpc) is 2.40. The summed E-state index contributed by atoms with van der Waals surface area (Å²) in [6.07, 6.45) is 3.24. The summed E-state index contributed by atoms with van der Waals surface area (Å²) in [5.41, 5.74) is 1.32. The Hall–Kier alpha value is -0.510. The smallest absolute Gasteiger partial charge is 0.164 e. The zero-order valence-corrected chi connectivity index (χ0v) is 12.7. The molecule has 0 N–H and O–H groups in total. The monoisotopic (exact) mass is 268 g/mol. The normalized spacial score (nSPS) is 11.8. The molecule has 0 radical (unpaired) electrons. The number of hydrogen-bond donors (Lipinski definition) is 0. The fourth-order valence-corrected chi connectivity index (χ4v) is 2.57. The van der Waals surface area contributed by atoms with Gasteiger partial charge < -0.3 is 9.47 Å². The van der Waals surface area contributed by atoms with E-state index in [1.54, 1.807) is 14.2 Å². The molecule has 1 aromatic rings. The predicted molar refractivity (Wildman–Crippen MR) is 78.2 cm³/mol. The standard InChI is InChI=1S/C15H24O2S/c1-13-7-9-14(10-8-13)18-12-6-5-11-15(2,16-3)17-4/h7-10H,5-6,11-12H2,1-4H3. The maximum Gasteiger partial charge on any atom is 0.164 e. The van der Waals surface area contributed by atoms with Gasteiger partial charge in [0.05, 0.1) is 0 Å². The SMILES string of the molecule is COC(C)(CCCCSc1ccc(C)cc1)OC. The van der Waals surface area contributed by atoms with E-state index in [0.717, 1.165) is 18.6 Å². The second-order valence-electron chi connectivity index (χ2n) is 4.66. The third-order valence-electron chi connectivity index (χ3n) is 3.18. The fourth-order valence-electron chi connectivity index (χ4n) is 1.66. The molecule has 0 spiro atoms. The Morgan fingerprint density at radius 3 is 2.22 bits per heavy atom. The van der Waals surface area contributed by atoms with Crippen molar-refractivity contribution in [1.82, 2.24) is 0 Å². The molecule has 0 unspecified atom stereocenters. The number of thioether (sulfide) groups is 1. The number of ether oxygens (including phenoxy) is 2. The summed E-state index contributed by atoms with van der Waals surface area (Å²) in [5, 5.41) is 0. The number of hydrogen-bond acceptors (Lipinski definition) is 3. The highest BCUT2D eigenvalue weighted by Gasteiger charge is 2.21. The molecule has 0 fully saturated rings. The van der Waals surface area contributed by atoms with Gasteiger partial charge in [-0.05, 0) is 44.6 Å². The van der Waals surface area contributed by atoms with E-state index in [-0.39, 0.29) is 0 Å². The van der Waals surface area contributed by atoms with Gasteiger partial charge in [-0.2, -0.15) is 0 Å². The van der Waals surface area contributed by atoms with Crippen molar-refractivity contribution in [2.24, 2.45) is 0 Å². The highest BCUT2D eigenvalue weighted by atomic mass is 32.2. The predicted octanol–water partition coefficient (Wildman–Crippen LogP) is 4.27. The molecule has 102 valence electrons. The Morgan fingerprint density at radius 1 is 1.06 bits per heavy atom. The molecule has 0 heterocycles. The Labute approximate surface area is 115 Å². The van der Waals surface area contributed by atoms with E-state index in [1.807, 2.05) is 18.7 Å². The zero-order chi connectivity index (χ0) is 13.4. The summed E-state index contributed by atoms with van der Waals surface area (Å²) in [7, 11) is 3.40. The maximum absolute atomic E-state index is 5.34. The van der Waals surface area contributed by atoms with Crippen LogP contribution in [0.15, 0.2) is 29.2 Å². The topological polar surface area (TPSA) is 18.5 Å². The number of aryl methyl sites for hydroxylation is 1. The van der Waals surface area contributed by atoms with Gasteiger partial charge in [-0.1, -0.05) is 17.7 Å². The van der Waals surface area contributed by atoms with Gasteiger partial charge in [-0.3, -0.25) is 0 Å². The molecule has 0 aliphatic carbocycles. The summed E-state index contributed by atoms with van der Waals surface area (Å²) < 4.78 is 10.7. The lowest BCUT2D eigenvalue weighted by Gasteiger charge is -2.26. The summed E-state index contributed by atoms with van der Waals surface area (Å²) in [6, 6.07) is 8.70. The lowest BCUT2D eigenvalue weighted by Crippen LogP contribution is -2.29. The van der Waals surface area contributed by atoms with Crippen molar-refractivity contribution in [2.45, 2.75) is 43.8 Å². The second-order valence-corrected chi connectivity index (χ2v) is 5.83. The van der Waals surface area contributed by atoms with E-state index in [1.165, 1.54) is 16.9 Å². The molecule has 0 aliphatic rings. The van der Waals surface area contributed by atoms with Gasteiger partial charge in [0.15, 0.2) is 5.79 Å². The highest BCUT2D eigenvalue weighted by molar-refractivity contribution is 7.99. The molecule has 1 aromatic carbocycles. The van der Waals surface area contributed by atoms with Crippen molar-refractivity contribution in [1.29, 1.82) is 0 Å². The van der Waals surface area contributed by atoms with Gasteiger partial charge in [0.2, 0.25) is 0 Å². The highest BCUT2D eigenvalue weighted by Crippen LogP contribution is 2.22. The number of unbranched alkanes of at least 4 members (excludes halogenated alkanes) is 1. The van der Waals surface area contributed by atoms with Gasteiger partial charge in [-0.15, -0.1) is 11.8 Å². The maximum atomic E-state index is 5.34. The average molecular weight is 268 g/mol.